The minimum absolute atomic E-state index is 0.249. The van der Waals surface area contributed by atoms with Gasteiger partial charge in [-0.1, -0.05) is 13.8 Å². The lowest BCUT2D eigenvalue weighted by Crippen LogP contribution is -2.38. The van der Waals surface area contributed by atoms with E-state index in [-0.39, 0.29) is 5.91 Å². The minimum atomic E-state index is 0.249. The molecule has 0 fully saturated rings. The van der Waals surface area contributed by atoms with Crippen LogP contribution < -0.4 is 0 Å². The van der Waals surface area contributed by atoms with Crippen molar-refractivity contribution in [3.63, 3.8) is 0 Å². The summed E-state index contributed by atoms with van der Waals surface area (Å²) in [6.07, 6.45) is 4.41. The predicted octanol–water partition coefficient (Wildman–Crippen LogP) is 1.27. The zero-order valence-corrected chi connectivity index (χ0v) is 9.31. The van der Waals surface area contributed by atoms with Gasteiger partial charge in [0, 0.05) is 31.9 Å². The molecular weight excluding hydrogens is 190 g/mol. The van der Waals surface area contributed by atoms with Gasteiger partial charge >= 0.3 is 0 Å². The average Bonchev–Trinajstić information content (AvgIpc) is 2.62. The number of fused-ring (bicyclic) bond motifs is 1. The second kappa shape index (κ2) is 4.04. The van der Waals surface area contributed by atoms with Crippen molar-refractivity contribution in [2.75, 3.05) is 6.54 Å². The van der Waals surface area contributed by atoms with Crippen molar-refractivity contribution in [2.45, 2.75) is 33.4 Å². The molecule has 0 saturated heterocycles. The lowest BCUT2D eigenvalue weighted by molar-refractivity contribution is -0.133. The zero-order valence-electron chi connectivity index (χ0n) is 9.31. The number of hydrogen-bond donors (Lipinski definition) is 0. The normalized spacial score (nSPS) is 15.5. The van der Waals surface area contributed by atoms with E-state index in [0.29, 0.717) is 18.9 Å². The maximum Gasteiger partial charge on any atom is 0.223 e. The molecule has 2 rings (SSSR count). The second-order valence-corrected chi connectivity index (χ2v) is 4.45. The van der Waals surface area contributed by atoms with Gasteiger partial charge in [-0.15, -0.1) is 0 Å². The van der Waals surface area contributed by atoms with Crippen LogP contribution in [0.4, 0.5) is 0 Å². The molecule has 2 heterocycles. The van der Waals surface area contributed by atoms with Crippen molar-refractivity contribution >= 4 is 5.91 Å². The highest BCUT2D eigenvalue weighted by Gasteiger charge is 2.21. The van der Waals surface area contributed by atoms with E-state index in [1.807, 2.05) is 11.1 Å². The van der Waals surface area contributed by atoms with Gasteiger partial charge in [0.15, 0.2) is 0 Å². The molecule has 1 aromatic heterocycles. The number of imidazole rings is 1. The van der Waals surface area contributed by atoms with Crippen LogP contribution in [0, 0.1) is 5.92 Å². The number of aromatic nitrogens is 2. The van der Waals surface area contributed by atoms with Gasteiger partial charge in [0.2, 0.25) is 5.91 Å². The van der Waals surface area contributed by atoms with Gasteiger partial charge in [-0.2, -0.15) is 0 Å². The van der Waals surface area contributed by atoms with Crippen molar-refractivity contribution in [2.24, 2.45) is 5.92 Å². The van der Waals surface area contributed by atoms with Gasteiger partial charge in [-0.25, -0.2) is 4.98 Å². The first-order chi connectivity index (χ1) is 7.16. The molecule has 82 valence electrons. The molecule has 4 nitrogen and oxygen atoms in total. The molecule has 4 heteroatoms. The van der Waals surface area contributed by atoms with E-state index >= 15 is 0 Å². The summed E-state index contributed by atoms with van der Waals surface area (Å²) in [6, 6.07) is 0. The molecule has 15 heavy (non-hydrogen) atoms. The van der Waals surface area contributed by atoms with E-state index < -0.39 is 0 Å². The van der Waals surface area contributed by atoms with Gasteiger partial charge in [0.05, 0.1) is 6.54 Å². The van der Waals surface area contributed by atoms with E-state index in [2.05, 4.69) is 23.4 Å². The summed E-state index contributed by atoms with van der Waals surface area (Å²) in [5.74, 6) is 1.68. The molecule has 1 aliphatic heterocycles. The third-order valence-electron chi connectivity index (χ3n) is 2.68. The van der Waals surface area contributed by atoms with Gasteiger partial charge < -0.3 is 9.47 Å². The topological polar surface area (TPSA) is 38.1 Å². The number of hydrogen-bond acceptors (Lipinski definition) is 2. The molecule has 0 aliphatic carbocycles. The molecule has 0 unspecified atom stereocenters. The highest BCUT2D eigenvalue weighted by molar-refractivity contribution is 5.76. The maximum absolute atomic E-state index is 11.8. The number of amides is 1. The Labute approximate surface area is 89.9 Å². The number of nitrogens with zero attached hydrogens (tertiary/aromatic N) is 3. The maximum atomic E-state index is 11.8. The molecule has 0 N–H and O–H groups in total. The van der Waals surface area contributed by atoms with Crippen molar-refractivity contribution in [3.05, 3.63) is 18.2 Å². The largest absolute Gasteiger partial charge is 0.333 e. The summed E-state index contributed by atoms with van der Waals surface area (Å²) >= 11 is 0. The molecule has 0 saturated carbocycles. The van der Waals surface area contributed by atoms with E-state index in [4.69, 9.17) is 0 Å². The standard InChI is InChI=1S/C11H17N3O/c1-9(2)7-11(15)14-6-5-13-4-3-12-10(13)8-14/h3-4,9H,5-8H2,1-2H3. The van der Waals surface area contributed by atoms with Crippen LogP contribution in [0.5, 0.6) is 0 Å². The molecular formula is C11H17N3O. The van der Waals surface area contributed by atoms with Crippen LogP contribution >= 0.6 is 0 Å². The molecule has 1 aliphatic rings. The van der Waals surface area contributed by atoms with Crippen molar-refractivity contribution < 1.29 is 4.79 Å². The third kappa shape index (κ3) is 2.19. The van der Waals surface area contributed by atoms with Crippen molar-refractivity contribution in [3.8, 4) is 0 Å². The zero-order chi connectivity index (χ0) is 10.8. The molecule has 0 bridgehead atoms. The van der Waals surface area contributed by atoms with Gasteiger partial charge in [0.25, 0.3) is 0 Å². The highest BCUT2D eigenvalue weighted by atomic mass is 16.2. The Kier molecular flexibility index (Phi) is 2.75. The Morgan fingerprint density at radius 1 is 1.53 bits per heavy atom. The van der Waals surface area contributed by atoms with Crippen LogP contribution in [0.2, 0.25) is 0 Å². The molecule has 0 spiro atoms. The smallest absolute Gasteiger partial charge is 0.223 e. The van der Waals surface area contributed by atoms with E-state index in [0.717, 1.165) is 18.9 Å². The van der Waals surface area contributed by atoms with E-state index in [1.165, 1.54) is 0 Å². The number of rotatable bonds is 2. The highest BCUT2D eigenvalue weighted by Crippen LogP contribution is 2.13. The Morgan fingerprint density at radius 2 is 2.33 bits per heavy atom. The molecule has 0 aromatic carbocycles. The molecule has 1 aromatic rings. The second-order valence-electron chi connectivity index (χ2n) is 4.45. The Bertz CT molecular complexity index is 356. The van der Waals surface area contributed by atoms with Crippen LogP contribution in [0.1, 0.15) is 26.1 Å². The Hall–Kier alpha value is -1.32. The van der Waals surface area contributed by atoms with Crippen LogP contribution in [-0.2, 0) is 17.9 Å². The first-order valence-corrected chi connectivity index (χ1v) is 5.44. The summed E-state index contributed by atoms with van der Waals surface area (Å²) < 4.78 is 2.11. The van der Waals surface area contributed by atoms with Crippen LogP contribution in [0.3, 0.4) is 0 Å². The van der Waals surface area contributed by atoms with Crippen LogP contribution in [0.25, 0.3) is 0 Å². The summed E-state index contributed by atoms with van der Waals surface area (Å²) in [6.45, 7) is 6.50. The lowest BCUT2D eigenvalue weighted by Gasteiger charge is -2.28. The summed E-state index contributed by atoms with van der Waals surface area (Å²) in [7, 11) is 0. The fourth-order valence-corrected chi connectivity index (χ4v) is 1.86. The SMILES string of the molecule is CC(C)CC(=O)N1CCn2ccnc2C1. The number of carbonyl (C=O) groups excluding carboxylic acids is 1. The Balaban J connectivity index is 2.00. The van der Waals surface area contributed by atoms with Crippen molar-refractivity contribution in [1.82, 2.24) is 14.5 Å². The number of carbonyl (C=O) groups is 1. The van der Waals surface area contributed by atoms with Crippen molar-refractivity contribution in [1.29, 1.82) is 0 Å². The lowest BCUT2D eigenvalue weighted by atomic mass is 10.1. The molecule has 0 radical (unpaired) electrons. The van der Waals surface area contributed by atoms with E-state index in [9.17, 15) is 4.79 Å². The van der Waals surface area contributed by atoms with Gasteiger partial charge in [-0.3, -0.25) is 4.79 Å². The fourth-order valence-electron chi connectivity index (χ4n) is 1.86. The summed E-state index contributed by atoms with van der Waals surface area (Å²) in [5.41, 5.74) is 0. The van der Waals surface area contributed by atoms with Gasteiger partial charge in [0.1, 0.15) is 5.82 Å². The Morgan fingerprint density at radius 3 is 3.07 bits per heavy atom. The van der Waals surface area contributed by atoms with E-state index in [1.54, 1.807) is 6.20 Å². The minimum Gasteiger partial charge on any atom is -0.333 e. The average molecular weight is 207 g/mol. The van der Waals surface area contributed by atoms with Crippen LogP contribution in [0.15, 0.2) is 12.4 Å². The summed E-state index contributed by atoms with van der Waals surface area (Å²) in [5, 5.41) is 0. The first-order valence-electron chi connectivity index (χ1n) is 5.44. The molecule has 1 amide bonds. The quantitative estimate of drug-likeness (QED) is 0.732. The van der Waals surface area contributed by atoms with Crippen LogP contribution in [-0.4, -0.2) is 26.9 Å². The monoisotopic (exact) mass is 207 g/mol. The predicted molar refractivity (Wildman–Crippen MR) is 57.1 cm³/mol. The van der Waals surface area contributed by atoms with Gasteiger partial charge in [-0.05, 0) is 5.92 Å². The first kappa shape index (κ1) is 10.2. The molecule has 0 atom stereocenters. The summed E-state index contributed by atoms with van der Waals surface area (Å²) in [4.78, 5) is 18.0. The fraction of sp³-hybridized carbons (Fsp3) is 0.636. The third-order valence-corrected chi connectivity index (χ3v) is 2.68.